The molecule has 3 aliphatic rings. The van der Waals surface area contributed by atoms with E-state index in [9.17, 15) is 9.59 Å². The SMILES string of the molecule is COc1cc([C@@H]2c3cc4c(cc3[C@H](NC(=O)c3cn(Cc5ccc(Cl)cc5)nn3)[C@H]3COC(=O)[C@H]23)OCO4)cc(OC)c1OC. The highest BCUT2D eigenvalue weighted by molar-refractivity contribution is 6.30. The van der Waals surface area contributed by atoms with Crippen molar-refractivity contribution in [3.8, 4) is 28.7 Å². The van der Waals surface area contributed by atoms with Gasteiger partial charge in [-0.3, -0.25) is 9.59 Å². The molecule has 1 aliphatic carbocycles. The van der Waals surface area contributed by atoms with Crippen LogP contribution in [-0.2, 0) is 16.1 Å². The molecule has 1 amide bonds. The van der Waals surface area contributed by atoms with Crippen LogP contribution in [-0.4, -0.2) is 61.6 Å². The van der Waals surface area contributed by atoms with Gasteiger partial charge in [0.15, 0.2) is 28.7 Å². The molecule has 0 bridgehead atoms. The minimum absolute atomic E-state index is 0.0652. The van der Waals surface area contributed by atoms with Crippen molar-refractivity contribution in [1.29, 1.82) is 0 Å². The average Bonchev–Trinajstić information content (AvgIpc) is 3.81. The van der Waals surface area contributed by atoms with Gasteiger partial charge in [0.25, 0.3) is 5.91 Å². The van der Waals surface area contributed by atoms with Gasteiger partial charge in [0, 0.05) is 16.9 Å². The molecular weight excluding hydrogens is 604 g/mol. The number of nitrogens with one attached hydrogen (secondary N) is 1. The molecule has 232 valence electrons. The fraction of sp³-hybridized carbons (Fsp3) is 0.312. The Morgan fingerprint density at radius 3 is 2.33 bits per heavy atom. The van der Waals surface area contributed by atoms with Crippen LogP contribution in [0.15, 0.2) is 54.7 Å². The first-order chi connectivity index (χ1) is 21.9. The van der Waals surface area contributed by atoms with Gasteiger partial charge >= 0.3 is 5.97 Å². The second kappa shape index (κ2) is 11.5. The van der Waals surface area contributed by atoms with Crippen LogP contribution in [0.1, 0.15) is 44.7 Å². The Labute approximate surface area is 263 Å². The Morgan fingerprint density at radius 2 is 1.67 bits per heavy atom. The summed E-state index contributed by atoms with van der Waals surface area (Å²) < 4.78 is 35.5. The van der Waals surface area contributed by atoms with Crippen LogP contribution in [0, 0.1) is 11.8 Å². The Balaban J connectivity index is 1.27. The standard InChI is InChI=1S/C32H29ClN4O8/c1-40-25-8-17(9-26(41-2)30(25)42-3)27-19-10-23-24(45-15-44-23)11-20(19)29(21-14-43-32(39)28(21)27)34-31(38)22-13-37(36-35-22)12-16-4-6-18(33)7-5-16/h4-11,13,21,27-29H,12,14-15H2,1-3H3,(H,34,38)/t21-,27+,28-,29-/m0/s1. The summed E-state index contributed by atoms with van der Waals surface area (Å²) in [5.41, 5.74) is 3.41. The number of ether oxygens (including phenoxy) is 6. The summed E-state index contributed by atoms with van der Waals surface area (Å²) in [5, 5.41) is 12.0. The average molecular weight is 633 g/mol. The smallest absolute Gasteiger partial charge is 0.310 e. The van der Waals surface area contributed by atoms with E-state index in [0.717, 1.165) is 22.3 Å². The number of nitrogens with zero attached hydrogens (tertiary/aromatic N) is 3. The van der Waals surface area contributed by atoms with Crippen LogP contribution in [0.2, 0.25) is 5.02 Å². The van der Waals surface area contributed by atoms with Crippen molar-refractivity contribution < 1.29 is 38.0 Å². The molecule has 45 heavy (non-hydrogen) atoms. The molecule has 0 spiro atoms. The van der Waals surface area contributed by atoms with E-state index < -0.39 is 29.7 Å². The van der Waals surface area contributed by atoms with E-state index in [2.05, 4.69) is 15.6 Å². The maximum absolute atomic E-state index is 13.7. The number of hydrogen-bond donors (Lipinski definition) is 1. The van der Waals surface area contributed by atoms with E-state index in [4.69, 9.17) is 40.0 Å². The highest BCUT2D eigenvalue weighted by Gasteiger charge is 2.53. The van der Waals surface area contributed by atoms with Crippen molar-refractivity contribution in [3.63, 3.8) is 0 Å². The number of carbonyl (C=O) groups is 2. The Morgan fingerprint density at radius 1 is 0.978 bits per heavy atom. The van der Waals surface area contributed by atoms with Gasteiger partial charge in [0.2, 0.25) is 12.5 Å². The second-order valence-corrected chi connectivity index (χ2v) is 11.4. The van der Waals surface area contributed by atoms with Gasteiger partial charge in [0.05, 0.1) is 52.6 Å². The number of hydrogen-bond acceptors (Lipinski definition) is 10. The predicted octanol–water partition coefficient (Wildman–Crippen LogP) is 4.14. The van der Waals surface area contributed by atoms with E-state index in [1.807, 2.05) is 36.4 Å². The maximum Gasteiger partial charge on any atom is 0.310 e. The van der Waals surface area contributed by atoms with Gasteiger partial charge in [-0.15, -0.1) is 5.10 Å². The molecule has 1 fully saturated rings. The van der Waals surface area contributed by atoms with Gasteiger partial charge in [-0.2, -0.15) is 0 Å². The molecule has 0 unspecified atom stereocenters. The van der Waals surface area contributed by atoms with Gasteiger partial charge in [-0.25, -0.2) is 4.68 Å². The third kappa shape index (κ3) is 5.04. The fourth-order valence-electron chi connectivity index (χ4n) is 6.50. The summed E-state index contributed by atoms with van der Waals surface area (Å²) in [7, 11) is 4.61. The number of carbonyl (C=O) groups excluding carboxylic acids is 2. The molecule has 1 N–H and O–H groups in total. The summed E-state index contributed by atoms with van der Waals surface area (Å²) in [4.78, 5) is 27.1. The fourth-order valence-corrected chi connectivity index (χ4v) is 6.63. The van der Waals surface area contributed by atoms with Crippen molar-refractivity contribution in [2.45, 2.75) is 18.5 Å². The molecular formula is C32H29ClN4O8. The highest BCUT2D eigenvalue weighted by Crippen LogP contribution is 2.55. The van der Waals surface area contributed by atoms with E-state index in [-0.39, 0.29) is 25.1 Å². The molecule has 2 aliphatic heterocycles. The number of aromatic nitrogens is 3. The first-order valence-corrected chi connectivity index (χ1v) is 14.6. The van der Waals surface area contributed by atoms with Gasteiger partial charge < -0.3 is 33.7 Å². The van der Waals surface area contributed by atoms with Crippen molar-refractivity contribution in [2.24, 2.45) is 11.8 Å². The first kappa shape index (κ1) is 28.8. The molecule has 1 aromatic heterocycles. The molecule has 0 radical (unpaired) electrons. The number of fused-ring (bicyclic) bond motifs is 3. The second-order valence-electron chi connectivity index (χ2n) is 11.0. The normalized spacial score (nSPS) is 21.0. The number of rotatable bonds is 8. The highest BCUT2D eigenvalue weighted by atomic mass is 35.5. The van der Waals surface area contributed by atoms with Gasteiger partial charge in [0.1, 0.15) is 0 Å². The maximum atomic E-state index is 13.7. The van der Waals surface area contributed by atoms with Gasteiger partial charge in [-0.05, 0) is 58.7 Å². The number of esters is 1. The summed E-state index contributed by atoms with van der Waals surface area (Å²) in [6.07, 6.45) is 1.58. The number of benzene rings is 3. The number of halogens is 1. The minimum atomic E-state index is -0.633. The minimum Gasteiger partial charge on any atom is -0.493 e. The largest absolute Gasteiger partial charge is 0.493 e. The summed E-state index contributed by atoms with van der Waals surface area (Å²) in [6.45, 7) is 0.596. The summed E-state index contributed by atoms with van der Waals surface area (Å²) >= 11 is 6.00. The lowest BCUT2D eigenvalue weighted by Crippen LogP contribution is -2.43. The van der Waals surface area contributed by atoms with Crippen molar-refractivity contribution in [2.75, 3.05) is 34.7 Å². The van der Waals surface area contributed by atoms with Crippen molar-refractivity contribution in [1.82, 2.24) is 20.3 Å². The third-order valence-corrected chi connectivity index (χ3v) is 8.80. The molecule has 3 heterocycles. The van der Waals surface area contributed by atoms with Crippen LogP contribution in [0.4, 0.5) is 0 Å². The quantitative estimate of drug-likeness (QED) is 0.283. The molecule has 12 nitrogen and oxygen atoms in total. The van der Waals surface area contributed by atoms with Crippen LogP contribution < -0.4 is 29.0 Å². The molecule has 4 atom stereocenters. The molecule has 3 aromatic carbocycles. The third-order valence-electron chi connectivity index (χ3n) is 8.55. The van der Waals surface area contributed by atoms with E-state index in [0.29, 0.717) is 40.3 Å². The lowest BCUT2D eigenvalue weighted by Gasteiger charge is -2.39. The lowest BCUT2D eigenvalue weighted by atomic mass is 9.65. The number of cyclic esters (lactones) is 1. The van der Waals surface area contributed by atoms with E-state index in [1.54, 1.807) is 23.0 Å². The summed E-state index contributed by atoms with van der Waals surface area (Å²) in [6, 6.07) is 14.2. The number of amides is 1. The van der Waals surface area contributed by atoms with Crippen molar-refractivity contribution in [3.05, 3.63) is 87.7 Å². The Bertz CT molecular complexity index is 1770. The topological polar surface area (TPSA) is 132 Å². The van der Waals surface area contributed by atoms with E-state index >= 15 is 0 Å². The first-order valence-electron chi connectivity index (χ1n) is 14.2. The number of methoxy groups -OCH3 is 3. The molecule has 13 heteroatoms. The lowest BCUT2D eigenvalue weighted by molar-refractivity contribution is -0.141. The predicted molar refractivity (Wildman–Crippen MR) is 159 cm³/mol. The Hall–Kier alpha value is -4.97. The Kier molecular flexibility index (Phi) is 7.36. The molecule has 0 saturated carbocycles. The molecule has 1 saturated heterocycles. The molecule has 4 aromatic rings. The zero-order valence-corrected chi connectivity index (χ0v) is 25.4. The zero-order chi connectivity index (χ0) is 31.2. The van der Waals surface area contributed by atoms with Crippen molar-refractivity contribution >= 4 is 23.5 Å². The van der Waals surface area contributed by atoms with Crippen LogP contribution in [0.25, 0.3) is 0 Å². The van der Waals surface area contributed by atoms with Crippen LogP contribution in [0.5, 0.6) is 28.7 Å². The zero-order valence-electron chi connectivity index (χ0n) is 24.6. The monoisotopic (exact) mass is 632 g/mol. The van der Waals surface area contributed by atoms with Gasteiger partial charge in [-0.1, -0.05) is 28.9 Å². The summed E-state index contributed by atoms with van der Waals surface area (Å²) in [5.74, 6) is 0.130. The molecule has 7 rings (SSSR count). The van der Waals surface area contributed by atoms with E-state index in [1.165, 1.54) is 21.3 Å². The van der Waals surface area contributed by atoms with Crippen LogP contribution >= 0.6 is 11.6 Å². The van der Waals surface area contributed by atoms with Crippen LogP contribution in [0.3, 0.4) is 0 Å².